The Bertz CT molecular complexity index is 503. The number of rotatable bonds is 6. The summed E-state index contributed by atoms with van der Waals surface area (Å²) in [6.07, 6.45) is 2.63. The van der Waals surface area contributed by atoms with Gasteiger partial charge in [-0.3, -0.25) is 4.79 Å². The molecule has 0 aliphatic carbocycles. The third-order valence-corrected chi connectivity index (χ3v) is 4.49. The highest BCUT2D eigenvalue weighted by Crippen LogP contribution is 2.35. The molecule has 0 aromatic heterocycles. The summed E-state index contributed by atoms with van der Waals surface area (Å²) in [5, 5.41) is 0. The van der Waals surface area contributed by atoms with E-state index in [1.807, 2.05) is 25.1 Å². The van der Waals surface area contributed by atoms with E-state index in [1.165, 1.54) is 0 Å². The number of carbonyl (C=O) groups excluding carboxylic acids is 1. The summed E-state index contributed by atoms with van der Waals surface area (Å²) in [6, 6.07) is 7.99. The van der Waals surface area contributed by atoms with Gasteiger partial charge in [-0.05, 0) is 57.0 Å². The maximum absolute atomic E-state index is 12.7. The van der Waals surface area contributed by atoms with E-state index in [-0.39, 0.29) is 5.97 Å². The molecule has 0 spiro atoms. The molecular weight excluding hydrogens is 278 g/mol. The number of esters is 1. The molecule has 2 rings (SSSR count). The number of carbonyl (C=O) groups is 1. The van der Waals surface area contributed by atoms with Crippen molar-refractivity contribution in [3.63, 3.8) is 0 Å². The second kappa shape index (κ2) is 7.63. The number of ether oxygens (including phenoxy) is 2. The van der Waals surface area contributed by atoms with Gasteiger partial charge in [0.15, 0.2) is 0 Å². The van der Waals surface area contributed by atoms with Crippen molar-refractivity contribution < 1.29 is 14.3 Å². The third kappa shape index (κ3) is 3.80. The van der Waals surface area contributed by atoms with Crippen molar-refractivity contribution in [2.45, 2.75) is 33.1 Å². The van der Waals surface area contributed by atoms with E-state index in [9.17, 15) is 4.79 Å². The highest BCUT2D eigenvalue weighted by atomic mass is 16.5. The molecule has 0 bridgehead atoms. The van der Waals surface area contributed by atoms with Crippen molar-refractivity contribution in [3.05, 3.63) is 29.8 Å². The van der Waals surface area contributed by atoms with Crippen LogP contribution in [0.15, 0.2) is 24.3 Å². The zero-order valence-electron chi connectivity index (χ0n) is 13.9. The second-order valence-electron chi connectivity index (χ2n) is 6.00. The van der Waals surface area contributed by atoms with Crippen LogP contribution < -0.4 is 4.74 Å². The number of methoxy groups -OCH3 is 1. The Balaban J connectivity index is 2.25. The van der Waals surface area contributed by atoms with Gasteiger partial charge in [0.25, 0.3) is 0 Å². The summed E-state index contributed by atoms with van der Waals surface area (Å²) in [5.41, 5.74) is 0.696. The van der Waals surface area contributed by atoms with Gasteiger partial charge in [-0.2, -0.15) is 0 Å². The Morgan fingerprint density at radius 2 is 2.18 bits per heavy atom. The molecule has 1 aromatic rings. The zero-order chi connectivity index (χ0) is 16.0. The predicted octanol–water partition coefficient (Wildman–Crippen LogP) is 2.90. The van der Waals surface area contributed by atoms with Gasteiger partial charge in [0.1, 0.15) is 5.75 Å². The highest BCUT2D eigenvalue weighted by molar-refractivity contribution is 5.77. The van der Waals surface area contributed by atoms with Crippen LogP contribution in [0.25, 0.3) is 0 Å². The minimum atomic E-state index is -0.434. The molecule has 1 fully saturated rings. The lowest BCUT2D eigenvalue weighted by Crippen LogP contribution is -2.49. The number of hydrogen-bond donors (Lipinski definition) is 0. The first kappa shape index (κ1) is 16.8. The van der Waals surface area contributed by atoms with Crippen LogP contribution in [0.1, 0.15) is 32.3 Å². The fraction of sp³-hybridized carbons (Fsp3) is 0.611. The summed E-state index contributed by atoms with van der Waals surface area (Å²) in [7, 11) is 1.67. The van der Waals surface area contributed by atoms with Crippen LogP contribution in [0.5, 0.6) is 5.75 Å². The fourth-order valence-electron chi connectivity index (χ4n) is 3.34. The molecule has 1 atom stereocenters. The van der Waals surface area contributed by atoms with E-state index in [2.05, 4.69) is 17.9 Å². The van der Waals surface area contributed by atoms with Crippen molar-refractivity contribution in [2.75, 3.05) is 33.4 Å². The fourth-order valence-corrected chi connectivity index (χ4v) is 3.34. The van der Waals surface area contributed by atoms with Gasteiger partial charge in [-0.1, -0.05) is 19.1 Å². The van der Waals surface area contributed by atoms with Crippen molar-refractivity contribution in [2.24, 2.45) is 5.41 Å². The summed E-state index contributed by atoms with van der Waals surface area (Å²) in [6.45, 7) is 7.27. The van der Waals surface area contributed by atoms with Crippen molar-refractivity contribution in [1.29, 1.82) is 0 Å². The summed E-state index contributed by atoms with van der Waals surface area (Å²) in [4.78, 5) is 15.0. The third-order valence-electron chi connectivity index (χ3n) is 4.49. The van der Waals surface area contributed by atoms with Crippen LogP contribution in [-0.2, 0) is 16.0 Å². The Labute approximate surface area is 133 Å². The SMILES string of the molecule is CCOC(=O)[C@]1(Cc2cccc(OC)c2)CCCN(CC)C1. The van der Waals surface area contributed by atoms with Gasteiger partial charge in [0.2, 0.25) is 0 Å². The Kier molecular flexibility index (Phi) is 5.83. The highest BCUT2D eigenvalue weighted by Gasteiger charge is 2.43. The molecule has 1 aromatic carbocycles. The molecule has 0 saturated carbocycles. The number of benzene rings is 1. The maximum atomic E-state index is 12.7. The van der Waals surface area contributed by atoms with Crippen molar-refractivity contribution in [3.8, 4) is 5.75 Å². The van der Waals surface area contributed by atoms with Crippen LogP contribution in [0, 0.1) is 5.41 Å². The minimum absolute atomic E-state index is 0.0593. The van der Waals surface area contributed by atoms with Crippen molar-refractivity contribution in [1.82, 2.24) is 4.90 Å². The van der Waals surface area contributed by atoms with Crippen LogP contribution in [0.3, 0.4) is 0 Å². The monoisotopic (exact) mass is 305 g/mol. The van der Waals surface area contributed by atoms with Crippen LogP contribution in [-0.4, -0.2) is 44.2 Å². The van der Waals surface area contributed by atoms with Gasteiger partial charge in [0, 0.05) is 6.54 Å². The smallest absolute Gasteiger partial charge is 0.313 e. The van der Waals surface area contributed by atoms with E-state index in [1.54, 1.807) is 7.11 Å². The number of hydrogen-bond acceptors (Lipinski definition) is 4. The first-order valence-electron chi connectivity index (χ1n) is 8.16. The molecule has 1 aliphatic heterocycles. The minimum Gasteiger partial charge on any atom is -0.497 e. The predicted molar refractivity (Wildman–Crippen MR) is 87.1 cm³/mol. The Morgan fingerprint density at radius 1 is 1.36 bits per heavy atom. The molecule has 1 saturated heterocycles. The normalized spacial score (nSPS) is 22.3. The first-order valence-corrected chi connectivity index (χ1v) is 8.16. The van der Waals surface area contributed by atoms with E-state index >= 15 is 0 Å². The average molecular weight is 305 g/mol. The molecule has 4 nitrogen and oxygen atoms in total. The summed E-state index contributed by atoms with van der Waals surface area (Å²) < 4.78 is 10.7. The van der Waals surface area contributed by atoms with Gasteiger partial charge in [-0.25, -0.2) is 0 Å². The Morgan fingerprint density at radius 3 is 2.86 bits per heavy atom. The lowest BCUT2D eigenvalue weighted by Gasteiger charge is -2.40. The zero-order valence-corrected chi connectivity index (χ0v) is 13.9. The van der Waals surface area contributed by atoms with E-state index in [0.717, 1.165) is 43.8 Å². The second-order valence-corrected chi connectivity index (χ2v) is 6.00. The molecule has 122 valence electrons. The quantitative estimate of drug-likeness (QED) is 0.758. The first-order chi connectivity index (χ1) is 10.6. The number of piperidine rings is 1. The van der Waals surface area contributed by atoms with Crippen LogP contribution in [0.2, 0.25) is 0 Å². The topological polar surface area (TPSA) is 38.8 Å². The van der Waals surface area contributed by atoms with Crippen LogP contribution in [0.4, 0.5) is 0 Å². The number of nitrogens with zero attached hydrogens (tertiary/aromatic N) is 1. The van der Waals surface area contributed by atoms with Gasteiger partial charge in [0.05, 0.1) is 19.1 Å². The molecule has 0 unspecified atom stereocenters. The summed E-state index contributed by atoms with van der Waals surface area (Å²) >= 11 is 0. The number of likely N-dealkylation sites (tertiary alicyclic amines) is 1. The van der Waals surface area contributed by atoms with E-state index < -0.39 is 5.41 Å². The molecule has 0 radical (unpaired) electrons. The molecule has 22 heavy (non-hydrogen) atoms. The van der Waals surface area contributed by atoms with Gasteiger partial charge in [-0.15, -0.1) is 0 Å². The molecule has 1 aliphatic rings. The molecule has 0 amide bonds. The molecule has 4 heteroatoms. The van der Waals surface area contributed by atoms with Gasteiger partial charge < -0.3 is 14.4 Å². The largest absolute Gasteiger partial charge is 0.497 e. The molecular formula is C18H27NO3. The average Bonchev–Trinajstić information content (AvgIpc) is 2.55. The van der Waals surface area contributed by atoms with Gasteiger partial charge >= 0.3 is 5.97 Å². The lowest BCUT2D eigenvalue weighted by molar-refractivity contribution is -0.159. The summed E-state index contributed by atoms with van der Waals surface area (Å²) in [5.74, 6) is 0.774. The Hall–Kier alpha value is -1.55. The van der Waals surface area contributed by atoms with E-state index in [0.29, 0.717) is 13.0 Å². The van der Waals surface area contributed by atoms with Crippen LogP contribution >= 0.6 is 0 Å². The van der Waals surface area contributed by atoms with Crippen molar-refractivity contribution >= 4 is 5.97 Å². The molecule has 0 N–H and O–H groups in total. The van der Waals surface area contributed by atoms with E-state index in [4.69, 9.17) is 9.47 Å². The molecule has 1 heterocycles. The standard InChI is InChI=1S/C18H27NO3/c1-4-19-11-7-10-18(14-19,17(20)22-5-2)13-15-8-6-9-16(12-15)21-3/h6,8-9,12H,4-5,7,10-11,13-14H2,1-3H3/t18-/m0/s1. The lowest BCUT2D eigenvalue weighted by atomic mass is 9.75. The maximum Gasteiger partial charge on any atom is 0.313 e.